The van der Waals surface area contributed by atoms with Gasteiger partial charge in [-0.25, -0.2) is 14.4 Å². The van der Waals surface area contributed by atoms with Gasteiger partial charge in [0, 0.05) is 18.1 Å². The van der Waals surface area contributed by atoms with Crippen molar-refractivity contribution >= 4 is 28.3 Å². The van der Waals surface area contributed by atoms with Gasteiger partial charge in [0.2, 0.25) is 0 Å². The van der Waals surface area contributed by atoms with Crippen LogP contribution in [0, 0.1) is 5.82 Å². The number of halogens is 1. The van der Waals surface area contributed by atoms with E-state index in [0.717, 1.165) is 35.5 Å². The predicted octanol–water partition coefficient (Wildman–Crippen LogP) is 4.88. The number of nitrogens with zero attached hydrogens (tertiary/aromatic N) is 4. The van der Waals surface area contributed by atoms with Gasteiger partial charge in [-0.05, 0) is 48.6 Å². The maximum atomic E-state index is 13.4. The Balaban J connectivity index is 1.42. The average molecular weight is 413 g/mol. The highest BCUT2D eigenvalue weighted by molar-refractivity contribution is 6.05. The first-order valence-corrected chi connectivity index (χ1v) is 10.2. The Morgan fingerprint density at radius 2 is 1.90 bits per heavy atom. The van der Waals surface area contributed by atoms with Gasteiger partial charge >= 0.3 is 0 Å². The molecule has 1 amide bonds. The largest absolute Gasteiger partial charge is 0.329 e. The molecule has 5 rings (SSSR count). The number of anilines is 2. The number of amides is 1. The number of carbonyl (C=O) groups is 1. The van der Waals surface area contributed by atoms with Crippen molar-refractivity contribution in [3.63, 3.8) is 0 Å². The molecule has 154 valence electrons. The average Bonchev–Trinajstić information content (AvgIpc) is 3.30. The van der Waals surface area contributed by atoms with E-state index in [2.05, 4.69) is 15.3 Å². The van der Waals surface area contributed by atoms with Gasteiger partial charge in [-0.1, -0.05) is 30.3 Å². The smallest absolute Gasteiger partial charge is 0.273 e. The molecule has 1 fully saturated rings. The molecule has 0 spiro atoms. The summed E-state index contributed by atoms with van der Waals surface area (Å²) in [5.41, 5.74) is 1.27. The molecule has 0 aliphatic carbocycles. The van der Waals surface area contributed by atoms with Crippen molar-refractivity contribution in [3.05, 3.63) is 90.3 Å². The van der Waals surface area contributed by atoms with Gasteiger partial charge in [0.15, 0.2) is 0 Å². The van der Waals surface area contributed by atoms with Gasteiger partial charge in [0.05, 0.1) is 17.9 Å². The molecule has 1 aliphatic heterocycles. The third kappa shape index (κ3) is 3.82. The molecule has 6 nitrogen and oxygen atoms in total. The van der Waals surface area contributed by atoms with Gasteiger partial charge in [0.1, 0.15) is 23.1 Å². The number of aromatic nitrogens is 3. The topological polar surface area (TPSA) is 71.0 Å². The Morgan fingerprint density at radius 3 is 2.77 bits per heavy atom. The highest BCUT2D eigenvalue weighted by Gasteiger charge is 2.33. The SMILES string of the molecule is O=C(c1nccc2ccccc12)N1CCC[C@@H]1c1cccc(Nc2ccc(F)cn2)n1. The number of hydrogen-bond acceptors (Lipinski definition) is 5. The fraction of sp³-hybridized carbons (Fsp3) is 0.167. The van der Waals surface area contributed by atoms with Crippen LogP contribution in [-0.4, -0.2) is 32.3 Å². The molecule has 1 atom stereocenters. The van der Waals surface area contributed by atoms with Crippen LogP contribution in [0.15, 0.2) is 73.1 Å². The third-order valence-corrected chi connectivity index (χ3v) is 5.49. The number of pyridine rings is 3. The highest BCUT2D eigenvalue weighted by atomic mass is 19.1. The van der Waals surface area contributed by atoms with Gasteiger partial charge in [-0.2, -0.15) is 0 Å². The van der Waals surface area contributed by atoms with Gasteiger partial charge < -0.3 is 10.2 Å². The molecule has 0 unspecified atom stereocenters. The second kappa shape index (κ2) is 8.10. The molecule has 1 saturated heterocycles. The summed E-state index contributed by atoms with van der Waals surface area (Å²) >= 11 is 0. The van der Waals surface area contributed by atoms with Crippen LogP contribution in [0.5, 0.6) is 0 Å². The van der Waals surface area contributed by atoms with Crippen LogP contribution < -0.4 is 5.32 Å². The molecule has 0 bridgehead atoms. The van der Waals surface area contributed by atoms with Gasteiger partial charge in [-0.15, -0.1) is 0 Å². The summed E-state index contributed by atoms with van der Waals surface area (Å²) in [5, 5.41) is 4.94. The number of benzene rings is 1. The van der Waals surface area contributed by atoms with Gasteiger partial charge in [-0.3, -0.25) is 9.78 Å². The summed E-state index contributed by atoms with van der Waals surface area (Å²) in [6, 6.07) is 18.1. The summed E-state index contributed by atoms with van der Waals surface area (Å²) in [6.07, 6.45) is 4.57. The molecule has 3 aromatic heterocycles. The quantitative estimate of drug-likeness (QED) is 0.516. The molecule has 7 heteroatoms. The lowest BCUT2D eigenvalue weighted by Crippen LogP contribution is -2.31. The lowest BCUT2D eigenvalue weighted by molar-refractivity contribution is 0.0729. The Kier molecular flexibility index (Phi) is 5.00. The molecule has 1 N–H and O–H groups in total. The number of carbonyl (C=O) groups excluding carboxylic acids is 1. The maximum absolute atomic E-state index is 13.4. The van der Waals surface area contributed by atoms with Crippen LogP contribution >= 0.6 is 0 Å². The van der Waals surface area contributed by atoms with Crippen molar-refractivity contribution in [2.75, 3.05) is 11.9 Å². The minimum atomic E-state index is -0.394. The Morgan fingerprint density at radius 1 is 1.00 bits per heavy atom. The molecular formula is C24H20FN5O. The second-order valence-corrected chi connectivity index (χ2v) is 7.47. The van der Waals surface area contributed by atoms with Crippen LogP contribution in [0.2, 0.25) is 0 Å². The van der Waals surface area contributed by atoms with Crippen molar-refractivity contribution < 1.29 is 9.18 Å². The van der Waals surface area contributed by atoms with Crippen LogP contribution in [0.4, 0.5) is 16.0 Å². The van der Waals surface area contributed by atoms with E-state index >= 15 is 0 Å². The van der Waals surface area contributed by atoms with Crippen molar-refractivity contribution in [1.29, 1.82) is 0 Å². The lowest BCUT2D eigenvalue weighted by atomic mass is 10.1. The first-order chi connectivity index (χ1) is 15.2. The molecule has 4 heterocycles. The summed E-state index contributed by atoms with van der Waals surface area (Å²) < 4.78 is 13.1. The Hall–Kier alpha value is -3.87. The Labute approximate surface area is 178 Å². The molecule has 0 radical (unpaired) electrons. The van der Waals surface area contributed by atoms with E-state index in [1.807, 2.05) is 53.4 Å². The number of rotatable bonds is 4. The number of fused-ring (bicyclic) bond motifs is 1. The van der Waals surface area contributed by atoms with E-state index < -0.39 is 5.82 Å². The normalized spacial score (nSPS) is 15.9. The standard InChI is InChI=1S/C24H20FN5O/c25-17-10-11-21(27-15-17)29-22-9-3-7-19(28-22)20-8-4-14-30(20)24(31)23-18-6-2-1-5-16(18)12-13-26-23/h1-3,5-7,9-13,15,20H,4,8,14H2,(H,27,28,29)/t20-/m1/s1. The lowest BCUT2D eigenvalue weighted by Gasteiger charge is -2.25. The zero-order valence-corrected chi connectivity index (χ0v) is 16.7. The minimum absolute atomic E-state index is 0.0836. The van der Waals surface area contributed by atoms with E-state index in [0.29, 0.717) is 23.9 Å². The fourth-order valence-electron chi connectivity index (χ4n) is 4.03. The molecule has 1 aromatic carbocycles. The summed E-state index contributed by atoms with van der Waals surface area (Å²) in [4.78, 5) is 28.4. The van der Waals surface area contributed by atoms with Crippen LogP contribution in [0.25, 0.3) is 10.8 Å². The van der Waals surface area contributed by atoms with E-state index in [9.17, 15) is 9.18 Å². The van der Waals surface area contributed by atoms with E-state index in [1.54, 1.807) is 12.3 Å². The number of nitrogens with one attached hydrogen (secondary N) is 1. The van der Waals surface area contributed by atoms with Crippen molar-refractivity contribution in [2.45, 2.75) is 18.9 Å². The first-order valence-electron chi connectivity index (χ1n) is 10.2. The predicted molar refractivity (Wildman–Crippen MR) is 116 cm³/mol. The molecule has 4 aromatic rings. The van der Waals surface area contributed by atoms with E-state index in [4.69, 9.17) is 4.98 Å². The summed E-state index contributed by atoms with van der Waals surface area (Å²) in [5.74, 6) is 0.624. The minimum Gasteiger partial charge on any atom is -0.329 e. The van der Waals surface area contributed by atoms with Crippen molar-refractivity contribution in [3.8, 4) is 0 Å². The van der Waals surface area contributed by atoms with Crippen LogP contribution in [0.3, 0.4) is 0 Å². The second-order valence-electron chi connectivity index (χ2n) is 7.47. The zero-order chi connectivity index (χ0) is 21.2. The summed E-state index contributed by atoms with van der Waals surface area (Å²) in [6.45, 7) is 0.660. The van der Waals surface area contributed by atoms with Crippen LogP contribution in [0.1, 0.15) is 35.1 Å². The molecule has 31 heavy (non-hydrogen) atoms. The van der Waals surface area contributed by atoms with Crippen molar-refractivity contribution in [2.24, 2.45) is 0 Å². The molecule has 1 aliphatic rings. The van der Waals surface area contributed by atoms with E-state index in [1.165, 1.54) is 6.07 Å². The Bertz CT molecular complexity index is 1240. The summed E-state index contributed by atoms with van der Waals surface area (Å²) in [7, 11) is 0. The van der Waals surface area contributed by atoms with Gasteiger partial charge in [0.25, 0.3) is 5.91 Å². The first kappa shape index (κ1) is 19.1. The molecular weight excluding hydrogens is 393 g/mol. The maximum Gasteiger partial charge on any atom is 0.273 e. The number of likely N-dealkylation sites (tertiary alicyclic amines) is 1. The highest BCUT2D eigenvalue weighted by Crippen LogP contribution is 2.33. The zero-order valence-electron chi connectivity index (χ0n) is 16.7. The van der Waals surface area contributed by atoms with E-state index in [-0.39, 0.29) is 11.9 Å². The third-order valence-electron chi connectivity index (χ3n) is 5.49. The van der Waals surface area contributed by atoms with Crippen molar-refractivity contribution in [1.82, 2.24) is 19.9 Å². The fourth-order valence-corrected chi connectivity index (χ4v) is 4.03. The number of hydrogen-bond donors (Lipinski definition) is 1. The monoisotopic (exact) mass is 413 g/mol. The van der Waals surface area contributed by atoms with Crippen LogP contribution in [-0.2, 0) is 0 Å². The molecule has 0 saturated carbocycles.